The molecule has 0 heterocycles. The molecule has 10 heavy (non-hydrogen) atoms. The number of nitrogens with zero attached hydrogens (tertiary/aromatic N) is 1. The summed E-state index contributed by atoms with van der Waals surface area (Å²) in [6.07, 6.45) is 0. The predicted octanol–water partition coefficient (Wildman–Crippen LogP) is 1.03. The van der Waals surface area contributed by atoms with Gasteiger partial charge in [-0.3, -0.25) is 0 Å². The van der Waals surface area contributed by atoms with E-state index in [1.807, 2.05) is 11.8 Å². The molecule has 0 aromatic rings. The van der Waals surface area contributed by atoms with E-state index in [4.69, 9.17) is 9.47 Å². The molecule has 60 valence electrons. The van der Waals surface area contributed by atoms with Crippen molar-refractivity contribution in [2.45, 2.75) is 6.92 Å². The Kier molecular flexibility index (Phi) is 4.98. The van der Waals surface area contributed by atoms with Crippen molar-refractivity contribution in [2.24, 2.45) is 0 Å². The number of ether oxygens (including phenoxy) is 2. The highest BCUT2D eigenvalue weighted by atomic mass is 16.5. The van der Waals surface area contributed by atoms with Crippen LogP contribution in [0.15, 0.2) is 12.3 Å². The van der Waals surface area contributed by atoms with E-state index in [0.29, 0.717) is 13.5 Å². The third kappa shape index (κ3) is 3.48. The first-order valence-corrected chi connectivity index (χ1v) is 3.10. The van der Waals surface area contributed by atoms with Crippen molar-refractivity contribution in [2.75, 3.05) is 27.7 Å². The van der Waals surface area contributed by atoms with Crippen LogP contribution in [0.2, 0.25) is 0 Å². The Balaban J connectivity index is 3.61. The first-order valence-electron chi connectivity index (χ1n) is 3.10. The van der Waals surface area contributed by atoms with Crippen molar-refractivity contribution >= 4 is 0 Å². The minimum atomic E-state index is 0.531. The average molecular weight is 145 g/mol. The molecule has 0 spiro atoms. The molecule has 0 atom stereocenters. The molecule has 0 aliphatic heterocycles. The first kappa shape index (κ1) is 9.46. The van der Waals surface area contributed by atoms with Crippen LogP contribution in [0.4, 0.5) is 0 Å². The Morgan fingerprint density at radius 3 is 1.90 bits per heavy atom. The lowest BCUT2D eigenvalue weighted by Crippen LogP contribution is -2.25. The van der Waals surface area contributed by atoms with Crippen LogP contribution in [0.3, 0.4) is 0 Å². The summed E-state index contributed by atoms with van der Waals surface area (Å²) in [6.45, 7) is 6.74. The topological polar surface area (TPSA) is 21.7 Å². The maximum absolute atomic E-state index is 4.90. The van der Waals surface area contributed by atoms with Gasteiger partial charge in [0.1, 0.15) is 13.5 Å². The van der Waals surface area contributed by atoms with Crippen molar-refractivity contribution in [1.29, 1.82) is 0 Å². The Morgan fingerprint density at radius 1 is 1.30 bits per heavy atom. The maximum Gasteiger partial charge on any atom is 0.120 e. The summed E-state index contributed by atoms with van der Waals surface area (Å²) in [5, 5.41) is 0. The van der Waals surface area contributed by atoms with Gasteiger partial charge in [0.15, 0.2) is 0 Å². The summed E-state index contributed by atoms with van der Waals surface area (Å²) in [5.74, 6) is 0. The van der Waals surface area contributed by atoms with Gasteiger partial charge in [-0.15, -0.1) is 0 Å². The van der Waals surface area contributed by atoms with E-state index in [-0.39, 0.29) is 0 Å². The molecule has 0 aromatic carbocycles. The fourth-order valence-electron chi connectivity index (χ4n) is 0.569. The molecular formula is C7H15NO2. The van der Waals surface area contributed by atoms with Crippen molar-refractivity contribution in [3.8, 4) is 0 Å². The van der Waals surface area contributed by atoms with E-state index in [2.05, 4.69) is 6.58 Å². The maximum atomic E-state index is 4.90. The second kappa shape index (κ2) is 5.26. The van der Waals surface area contributed by atoms with E-state index in [1.54, 1.807) is 14.2 Å². The van der Waals surface area contributed by atoms with Gasteiger partial charge in [-0.2, -0.15) is 0 Å². The lowest BCUT2D eigenvalue weighted by Gasteiger charge is -2.21. The van der Waals surface area contributed by atoms with Crippen molar-refractivity contribution in [1.82, 2.24) is 4.90 Å². The highest BCUT2D eigenvalue weighted by Crippen LogP contribution is 1.98. The minimum Gasteiger partial charge on any atom is -0.364 e. The molecule has 0 aromatic heterocycles. The molecule has 0 unspecified atom stereocenters. The Bertz CT molecular complexity index is 97.8. The molecule has 0 radical (unpaired) electrons. The quantitative estimate of drug-likeness (QED) is 0.539. The predicted molar refractivity (Wildman–Crippen MR) is 40.4 cm³/mol. The van der Waals surface area contributed by atoms with Gasteiger partial charge in [-0.1, -0.05) is 6.58 Å². The van der Waals surface area contributed by atoms with Crippen molar-refractivity contribution in [3.05, 3.63) is 12.3 Å². The number of allylic oxidation sites excluding steroid dienone is 1. The summed E-state index contributed by atoms with van der Waals surface area (Å²) in [6, 6.07) is 0. The Labute approximate surface area is 62.2 Å². The summed E-state index contributed by atoms with van der Waals surface area (Å²) in [5.41, 5.74) is 0.948. The van der Waals surface area contributed by atoms with Gasteiger partial charge in [0.25, 0.3) is 0 Å². The van der Waals surface area contributed by atoms with Crippen LogP contribution in [0.1, 0.15) is 6.92 Å². The molecule has 0 rings (SSSR count). The van der Waals surface area contributed by atoms with Gasteiger partial charge in [0.05, 0.1) is 0 Å². The molecule has 0 bridgehead atoms. The second-order valence-electron chi connectivity index (χ2n) is 2.11. The van der Waals surface area contributed by atoms with E-state index in [0.717, 1.165) is 5.70 Å². The zero-order valence-corrected chi connectivity index (χ0v) is 6.89. The van der Waals surface area contributed by atoms with Gasteiger partial charge >= 0.3 is 0 Å². The summed E-state index contributed by atoms with van der Waals surface area (Å²) < 4.78 is 9.81. The lowest BCUT2D eigenvalue weighted by atomic mass is 10.5. The van der Waals surface area contributed by atoms with Gasteiger partial charge in [0, 0.05) is 19.9 Å². The zero-order chi connectivity index (χ0) is 7.98. The van der Waals surface area contributed by atoms with Crippen LogP contribution in [0, 0.1) is 0 Å². The molecule has 0 N–H and O–H groups in total. The molecule has 0 saturated carbocycles. The van der Waals surface area contributed by atoms with Crippen molar-refractivity contribution in [3.63, 3.8) is 0 Å². The number of rotatable bonds is 5. The van der Waals surface area contributed by atoms with Gasteiger partial charge < -0.3 is 14.4 Å². The smallest absolute Gasteiger partial charge is 0.120 e. The minimum absolute atomic E-state index is 0.531. The Hall–Kier alpha value is -0.540. The monoisotopic (exact) mass is 145 g/mol. The summed E-state index contributed by atoms with van der Waals surface area (Å²) in [7, 11) is 3.29. The van der Waals surface area contributed by atoms with Crippen LogP contribution in [0.25, 0.3) is 0 Å². The standard InChI is InChI=1S/C7H15NO2/c1-7(2)8(5-9-3)6-10-4/h1,5-6H2,2-4H3. The number of hydrogen-bond acceptors (Lipinski definition) is 3. The average Bonchev–Trinajstić information content (AvgIpc) is 1.87. The van der Waals surface area contributed by atoms with Crippen LogP contribution in [0.5, 0.6) is 0 Å². The molecule has 3 nitrogen and oxygen atoms in total. The fourth-order valence-corrected chi connectivity index (χ4v) is 0.569. The highest BCUT2D eigenvalue weighted by molar-refractivity contribution is 4.85. The third-order valence-electron chi connectivity index (χ3n) is 1.11. The first-order chi connectivity index (χ1) is 4.72. The van der Waals surface area contributed by atoms with E-state index in [1.165, 1.54) is 0 Å². The summed E-state index contributed by atoms with van der Waals surface area (Å²) >= 11 is 0. The molecule has 0 saturated heterocycles. The highest BCUT2D eigenvalue weighted by Gasteiger charge is 1.99. The van der Waals surface area contributed by atoms with Gasteiger partial charge in [0.2, 0.25) is 0 Å². The molecular weight excluding hydrogens is 130 g/mol. The molecule has 0 aliphatic rings. The van der Waals surface area contributed by atoms with Crippen LogP contribution in [-0.4, -0.2) is 32.6 Å². The lowest BCUT2D eigenvalue weighted by molar-refractivity contribution is 0.00952. The number of hydrogen-bond donors (Lipinski definition) is 0. The van der Waals surface area contributed by atoms with Crippen LogP contribution < -0.4 is 0 Å². The largest absolute Gasteiger partial charge is 0.364 e. The normalized spacial score (nSPS) is 9.50. The van der Waals surface area contributed by atoms with Crippen molar-refractivity contribution < 1.29 is 9.47 Å². The van der Waals surface area contributed by atoms with Gasteiger partial charge in [-0.25, -0.2) is 0 Å². The van der Waals surface area contributed by atoms with E-state index in [9.17, 15) is 0 Å². The molecule has 3 heteroatoms. The molecule has 0 amide bonds. The zero-order valence-electron chi connectivity index (χ0n) is 6.89. The van der Waals surface area contributed by atoms with Gasteiger partial charge in [-0.05, 0) is 6.92 Å². The SMILES string of the molecule is C=C(C)N(COC)COC. The second-order valence-corrected chi connectivity index (χ2v) is 2.11. The third-order valence-corrected chi connectivity index (χ3v) is 1.11. The molecule has 0 fully saturated rings. The van der Waals surface area contributed by atoms with Crippen LogP contribution >= 0.6 is 0 Å². The van der Waals surface area contributed by atoms with E-state index >= 15 is 0 Å². The summed E-state index contributed by atoms with van der Waals surface area (Å²) in [4.78, 5) is 1.89. The van der Waals surface area contributed by atoms with E-state index < -0.39 is 0 Å². The molecule has 0 aliphatic carbocycles. The fraction of sp³-hybridized carbons (Fsp3) is 0.714. The van der Waals surface area contributed by atoms with Crippen LogP contribution in [-0.2, 0) is 9.47 Å². The number of methoxy groups -OCH3 is 2. The Morgan fingerprint density at radius 2 is 1.70 bits per heavy atom.